The van der Waals surface area contributed by atoms with E-state index >= 15 is 0 Å². The lowest BCUT2D eigenvalue weighted by molar-refractivity contribution is 0.0988. The fourth-order valence-corrected chi connectivity index (χ4v) is 2.90. The highest BCUT2D eigenvalue weighted by atomic mass is 15.2. The molecule has 0 spiro atoms. The molecule has 0 aromatic carbocycles. The molecule has 2 aliphatic rings. The highest BCUT2D eigenvalue weighted by Gasteiger charge is 2.42. The van der Waals surface area contributed by atoms with Crippen LogP contribution in [0.4, 0.5) is 0 Å². The van der Waals surface area contributed by atoms with E-state index in [-0.39, 0.29) is 11.5 Å². The van der Waals surface area contributed by atoms with Gasteiger partial charge in [-0.25, -0.2) is 0 Å². The Morgan fingerprint density at radius 1 is 1.35 bits per heavy atom. The van der Waals surface area contributed by atoms with Gasteiger partial charge in [-0.15, -0.1) is 0 Å². The van der Waals surface area contributed by atoms with E-state index in [9.17, 15) is 5.26 Å². The number of likely N-dealkylation sites (tertiary alicyclic amines) is 1. The van der Waals surface area contributed by atoms with Crippen LogP contribution in [0.3, 0.4) is 0 Å². The van der Waals surface area contributed by atoms with Crippen molar-refractivity contribution in [3.05, 3.63) is 24.4 Å². The van der Waals surface area contributed by atoms with Crippen molar-refractivity contribution in [2.24, 2.45) is 5.41 Å². The van der Waals surface area contributed by atoms with Crippen molar-refractivity contribution in [2.45, 2.75) is 25.8 Å². The van der Waals surface area contributed by atoms with Gasteiger partial charge >= 0.3 is 0 Å². The largest absolute Gasteiger partial charge is 0.372 e. The van der Waals surface area contributed by atoms with Gasteiger partial charge in [0.15, 0.2) is 0 Å². The Hall–Kier alpha value is -1.27. The van der Waals surface area contributed by atoms with Gasteiger partial charge in [-0.1, -0.05) is 19.1 Å². The van der Waals surface area contributed by atoms with Crippen molar-refractivity contribution in [1.29, 1.82) is 5.26 Å². The molecule has 1 unspecified atom stereocenters. The summed E-state index contributed by atoms with van der Waals surface area (Å²) in [6.07, 6.45) is 10.3. The van der Waals surface area contributed by atoms with Crippen molar-refractivity contribution >= 4 is 0 Å². The van der Waals surface area contributed by atoms with Gasteiger partial charge in [-0.3, -0.25) is 0 Å². The van der Waals surface area contributed by atoms with Gasteiger partial charge in [0.1, 0.15) is 0 Å². The smallest absolute Gasteiger partial charge is 0.0836 e. The lowest BCUT2D eigenvalue weighted by atomic mass is 9.72. The first-order valence-electron chi connectivity index (χ1n) is 6.42. The quantitative estimate of drug-likeness (QED) is 0.728. The van der Waals surface area contributed by atoms with E-state index in [1.54, 1.807) is 0 Å². The molecule has 0 amide bonds. The fraction of sp³-hybridized carbons (Fsp3) is 0.643. The zero-order chi connectivity index (χ0) is 12.3. The third-order valence-corrected chi connectivity index (χ3v) is 4.15. The summed E-state index contributed by atoms with van der Waals surface area (Å²) in [5.41, 5.74) is -0.207. The number of hydrogen-bond donors (Lipinski definition) is 0. The summed E-state index contributed by atoms with van der Waals surface area (Å²) in [7, 11) is 2.07. The van der Waals surface area contributed by atoms with Gasteiger partial charge in [-0.05, 0) is 44.8 Å². The zero-order valence-corrected chi connectivity index (χ0v) is 10.8. The average Bonchev–Trinajstić information content (AvgIpc) is 2.39. The monoisotopic (exact) mass is 231 g/mol. The van der Waals surface area contributed by atoms with E-state index in [2.05, 4.69) is 48.2 Å². The first-order chi connectivity index (χ1) is 8.22. The molecular weight excluding hydrogens is 210 g/mol. The van der Waals surface area contributed by atoms with Crippen molar-refractivity contribution in [1.82, 2.24) is 9.80 Å². The molecule has 0 aromatic rings. The predicted octanol–water partition coefficient (Wildman–Crippen LogP) is 2.00. The van der Waals surface area contributed by atoms with E-state index in [0.29, 0.717) is 0 Å². The molecule has 2 rings (SSSR count). The second-order valence-corrected chi connectivity index (χ2v) is 5.04. The van der Waals surface area contributed by atoms with Crippen LogP contribution in [-0.4, -0.2) is 42.5 Å². The molecule has 1 atom stereocenters. The third kappa shape index (κ3) is 2.23. The second-order valence-electron chi connectivity index (χ2n) is 5.04. The Labute approximate surface area is 104 Å². The highest BCUT2D eigenvalue weighted by Crippen LogP contribution is 2.38. The molecule has 3 heteroatoms. The van der Waals surface area contributed by atoms with Crippen molar-refractivity contribution in [2.75, 3.05) is 26.7 Å². The number of rotatable bonds is 2. The Balaban J connectivity index is 2.14. The van der Waals surface area contributed by atoms with Crippen LogP contribution in [0.25, 0.3) is 0 Å². The molecule has 17 heavy (non-hydrogen) atoms. The fourth-order valence-electron chi connectivity index (χ4n) is 2.90. The number of likely N-dealkylation sites (N-methyl/N-ethyl adjacent to an activating group) is 1. The minimum atomic E-state index is -0.207. The molecule has 0 aliphatic carbocycles. The van der Waals surface area contributed by atoms with Gasteiger partial charge in [0.05, 0.1) is 17.5 Å². The van der Waals surface area contributed by atoms with Gasteiger partial charge in [0, 0.05) is 7.05 Å². The maximum atomic E-state index is 9.62. The predicted molar refractivity (Wildman–Crippen MR) is 69.2 cm³/mol. The summed E-state index contributed by atoms with van der Waals surface area (Å²) in [6, 6.07) is 2.84. The molecular formula is C14H21N3. The van der Waals surface area contributed by atoms with Crippen LogP contribution in [0.1, 0.15) is 19.8 Å². The van der Waals surface area contributed by atoms with Crippen LogP contribution >= 0.6 is 0 Å². The highest BCUT2D eigenvalue weighted by molar-refractivity contribution is 5.22. The molecule has 2 aliphatic heterocycles. The molecule has 0 N–H and O–H groups in total. The summed E-state index contributed by atoms with van der Waals surface area (Å²) < 4.78 is 0. The third-order valence-electron chi connectivity index (χ3n) is 4.15. The van der Waals surface area contributed by atoms with E-state index in [1.165, 1.54) is 0 Å². The van der Waals surface area contributed by atoms with Crippen LogP contribution in [-0.2, 0) is 0 Å². The maximum absolute atomic E-state index is 9.62. The molecule has 0 saturated carbocycles. The molecule has 92 valence electrons. The van der Waals surface area contributed by atoms with E-state index in [1.807, 2.05) is 6.08 Å². The van der Waals surface area contributed by atoms with Crippen LogP contribution in [0.5, 0.6) is 0 Å². The van der Waals surface area contributed by atoms with Crippen LogP contribution in [0.2, 0.25) is 0 Å². The zero-order valence-electron chi connectivity index (χ0n) is 10.8. The van der Waals surface area contributed by atoms with Gasteiger partial charge in [0.25, 0.3) is 0 Å². The lowest BCUT2D eigenvalue weighted by Gasteiger charge is -2.44. The van der Waals surface area contributed by atoms with Crippen LogP contribution in [0, 0.1) is 16.7 Å². The minimum Gasteiger partial charge on any atom is -0.372 e. The summed E-state index contributed by atoms with van der Waals surface area (Å²) in [4.78, 5) is 4.60. The summed E-state index contributed by atoms with van der Waals surface area (Å²) in [5.74, 6) is 0. The van der Waals surface area contributed by atoms with Crippen molar-refractivity contribution in [3.63, 3.8) is 0 Å². The Kier molecular flexibility index (Phi) is 3.54. The van der Waals surface area contributed by atoms with Crippen LogP contribution in [0.15, 0.2) is 24.4 Å². The number of hydrogen-bond acceptors (Lipinski definition) is 3. The van der Waals surface area contributed by atoms with Gasteiger partial charge in [0.2, 0.25) is 0 Å². The van der Waals surface area contributed by atoms with E-state index < -0.39 is 0 Å². The average molecular weight is 231 g/mol. The summed E-state index contributed by atoms with van der Waals surface area (Å²) >= 11 is 0. The Bertz CT molecular complexity index is 356. The van der Waals surface area contributed by atoms with E-state index in [0.717, 1.165) is 32.5 Å². The van der Waals surface area contributed by atoms with Crippen molar-refractivity contribution in [3.8, 4) is 6.07 Å². The summed E-state index contributed by atoms with van der Waals surface area (Å²) in [6.45, 7) is 5.38. The number of piperidine rings is 1. The van der Waals surface area contributed by atoms with Crippen molar-refractivity contribution < 1.29 is 0 Å². The Morgan fingerprint density at radius 3 is 2.59 bits per heavy atom. The lowest BCUT2D eigenvalue weighted by Crippen LogP contribution is -2.49. The Morgan fingerprint density at radius 2 is 2.06 bits per heavy atom. The molecule has 0 radical (unpaired) electrons. The second kappa shape index (κ2) is 4.93. The molecule has 2 heterocycles. The first kappa shape index (κ1) is 12.2. The standard InChI is InChI=1S/C14H21N3/c1-3-17-10-7-14(12-15,8-11-17)13-6-4-5-9-16(13)2/h4-6,9,13H,3,7-8,10-11H2,1-2H3. The molecule has 0 bridgehead atoms. The molecule has 0 aromatic heterocycles. The summed E-state index contributed by atoms with van der Waals surface area (Å²) in [5, 5.41) is 9.62. The SMILES string of the molecule is CCN1CCC(C#N)(C2C=CC=CN2C)CC1. The number of nitriles is 1. The van der Waals surface area contributed by atoms with Crippen LogP contribution < -0.4 is 0 Å². The number of nitrogens with zero attached hydrogens (tertiary/aromatic N) is 3. The maximum Gasteiger partial charge on any atom is 0.0836 e. The molecule has 3 nitrogen and oxygen atoms in total. The topological polar surface area (TPSA) is 30.3 Å². The van der Waals surface area contributed by atoms with Gasteiger partial charge in [-0.2, -0.15) is 5.26 Å². The molecule has 1 fully saturated rings. The molecule has 1 saturated heterocycles. The van der Waals surface area contributed by atoms with E-state index in [4.69, 9.17) is 0 Å². The first-order valence-corrected chi connectivity index (χ1v) is 6.42. The van der Waals surface area contributed by atoms with Gasteiger partial charge < -0.3 is 9.80 Å². The normalized spacial score (nSPS) is 28.1. The number of allylic oxidation sites excluding steroid dienone is 2. The minimum absolute atomic E-state index is 0.207.